The number of nitrogens with zero attached hydrogens (tertiary/aromatic N) is 1. The lowest BCUT2D eigenvalue weighted by Crippen LogP contribution is -2.33. The summed E-state index contributed by atoms with van der Waals surface area (Å²) in [5.41, 5.74) is 6.88. The van der Waals surface area contributed by atoms with Crippen molar-refractivity contribution in [3.8, 4) is 11.3 Å². The molecule has 2 heteroatoms. The first-order chi connectivity index (χ1) is 12.3. The monoisotopic (exact) mass is 329 g/mol. The number of fused-ring (bicyclic) bond motifs is 5. The van der Waals surface area contributed by atoms with Crippen LogP contribution in [0.15, 0.2) is 59.0 Å². The number of anilines is 1. The Labute approximate surface area is 149 Å². The molecule has 0 spiro atoms. The van der Waals surface area contributed by atoms with Gasteiger partial charge in [-0.05, 0) is 37.8 Å². The summed E-state index contributed by atoms with van der Waals surface area (Å²) >= 11 is 0. The highest BCUT2D eigenvalue weighted by Gasteiger charge is 2.35. The number of furan rings is 1. The van der Waals surface area contributed by atoms with Crippen LogP contribution >= 0.6 is 0 Å². The van der Waals surface area contributed by atoms with Gasteiger partial charge in [0, 0.05) is 35.3 Å². The lowest BCUT2D eigenvalue weighted by Gasteiger charge is -2.37. The van der Waals surface area contributed by atoms with E-state index in [1.165, 1.54) is 47.2 Å². The summed E-state index contributed by atoms with van der Waals surface area (Å²) in [5, 5.41) is 0. The number of aryl methyl sites for hydroxylation is 1. The lowest BCUT2D eigenvalue weighted by molar-refractivity contribution is 0.469. The topological polar surface area (TPSA) is 16.4 Å². The van der Waals surface area contributed by atoms with Crippen LogP contribution < -0.4 is 4.90 Å². The molecular formula is C23H23NO. The molecule has 0 bridgehead atoms. The summed E-state index contributed by atoms with van der Waals surface area (Å²) in [4.78, 5) is 2.63. The van der Waals surface area contributed by atoms with E-state index in [2.05, 4.69) is 66.4 Å². The first kappa shape index (κ1) is 14.8. The molecule has 1 atom stereocenters. The molecule has 2 nitrogen and oxygen atoms in total. The number of para-hydroxylation sites is 1. The minimum absolute atomic E-state index is 0.431. The number of hydrogen-bond acceptors (Lipinski definition) is 2. The summed E-state index contributed by atoms with van der Waals surface area (Å²) < 4.78 is 6.35. The van der Waals surface area contributed by atoms with E-state index in [1.54, 1.807) is 0 Å². The van der Waals surface area contributed by atoms with Crippen molar-refractivity contribution in [2.75, 3.05) is 11.4 Å². The maximum atomic E-state index is 6.35. The summed E-state index contributed by atoms with van der Waals surface area (Å²) in [5.74, 6) is 2.16. The SMILES string of the molecule is Cc1oc(-c2ccccc2)c2c1Cc1ccccc1N1CCCCC21. The maximum Gasteiger partial charge on any atom is 0.139 e. The van der Waals surface area contributed by atoms with Gasteiger partial charge in [0.05, 0.1) is 6.04 Å². The van der Waals surface area contributed by atoms with Crippen LogP contribution in [-0.4, -0.2) is 6.54 Å². The molecule has 3 aromatic rings. The predicted molar refractivity (Wildman–Crippen MR) is 102 cm³/mol. The van der Waals surface area contributed by atoms with Gasteiger partial charge in [0.2, 0.25) is 0 Å². The molecule has 0 radical (unpaired) electrons. The van der Waals surface area contributed by atoms with Crippen molar-refractivity contribution < 1.29 is 4.42 Å². The molecule has 2 aliphatic heterocycles. The Hall–Kier alpha value is -2.48. The molecule has 1 aromatic heterocycles. The Kier molecular flexibility index (Phi) is 3.44. The first-order valence-electron chi connectivity index (χ1n) is 9.35. The van der Waals surface area contributed by atoms with Crippen LogP contribution in [0, 0.1) is 6.92 Å². The minimum atomic E-state index is 0.431. The highest BCUT2D eigenvalue weighted by Crippen LogP contribution is 2.47. The molecule has 1 unspecified atom stereocenters. The Balaban J connectivity index is 1.75. The standard InChI is InChI=1S/C23H23NO/c1-16-19-15-18-11-5-6-12-20(18)24-14-8-7-13-21(24)22(19)23(25-16)17-9-3-2-4-10-17/h2-6,9-12,21H,7-8,13-15H2,1H3. The van der Waals surface area contributed by atoms with Crippen LogP contribution in [0.25, 0.3) is 11.3 Å². The molecule has 1 saturated heterocycles. The Bertz CT molecular complexity index is 909. The second-order valence-electron chi connectivity index (χ2n) is 7.26. The van der Waals surface area contributed by atoms with Gasteiger partial charge in [-0.2, -0.15) is 0 Å². The number of piperidine rings is 1. The number of hydrogen-bond donors (Lipinski definition) is 0. The largest absolute Gasteiger partial charge is 0.461 e. The van der Waals surface area contributed by atoms with Gasteiger partial charge in [0.15, 0.2) is 0 Å². The molecule has 0 aliphatic carbocycles. The summed E-state index contributed by atoms with van der Waals surface area (Å²) in [6.45, 7) is 3.27. The normalized spacial score (nSPS) is 18.9. The highest BCUT2D eigenvalue weighted by atomic mass is 16.3. The predicted octanol–water partition coefficient (Wildman–Crippen LogP) is 5.89. The third-order valence-corrected chi connectivity index (χ3v) is 5.79. The Morgan fingerprint density at radius 3 is 2.64 bits per heavy atom. The average Bonchev–Trinajstić information content (AvgIpc) is 2.91. The van der Waals surface area contributed by atoms with Crippen LogP contribution in [0.5, 0.6) is 0 Å². The molecule has 2 aliphatic rings. The second kappa shape index (κ2) is 5.80. The molecule has 2 aromatic carbocycles. The Morgan fingerprint density at radius 2 is 1.76 bits per heavy atom. The van der Waals surface area contributed by atoms with E-state index in [0.717, 1.165) is 24.5 Å². The molecule has 0 amide bonds. The smallest absolute Gasteiger partial charge is 0.139 e. The molecule has 5 rings (SSSR count). The maximum absolute atomic E-state index is 6.35. The number of benzene rings is 2. The van der Waals surface area contributed by atoms with Gasteiger partial charge in [-0.3, -0.25) is 0 Å². The molecule has 0 N–H and O–H groups in total. The van der Waals surface area contributed by atoms with Crippen LogP contribution in [-0.2, 0) is 6.42 Å². The van der Waals surface area contributed by atoms with Crippen LogP contribution in [0.4, 0.5) is 5.69 Å². The van der Waals surface area contributed by atoms with Gasteiger partial charge >= 0.3 is 0 Å². The summed E-state index contributed by atoms with van der Waals surface area (Å²) in [7, 11) is 0. The van der Waals surface area contributed by atoms with E-state index in [-0.39, 0.29) is 0 Å². The van der Waals surface area contributed by atoms with Gasteiger partial charge < -0.3 is 9.32 Å². The van der Waals surface area contributed by atoms with Crippen LogP contribution in [0.2, 0.25) is 0 Å². The fourth-order valence-corrected chi connectivity index (χ4v) is 4.62. The third-order valence-electron chi connectivity index (χ3n) is 5.79. The summed E-state index contributed by atoms with van der Waals surface area (Å²) in [6.07, 6.45) is 4.75. The zero-order chi connectivity index (χ0) is 16.8. The molecule has 3 heterocycles. The first-order valence-corrected chi connectivity index (χ1v) is 9.35. The third kappa shape index (κ3) is 2.31. The molecule has 25 heavy (non-hydrogen) atoms. The van der Waals surface area contributed by atoms with E-state index in [9.17, 15) is 0 Å². The van der Waals surface area contributed by atoms with Crippen molar-refractivity contribution in [3.63, 3.8) is 0 Å². The van der Waals surface area contributed by atoms with Crippen molar-refractivity contribution in [1.29, 1.82) is 0 Å². The molecule has 126 valence electrons. The zero-order valence-electron chi connectivity index (χ0n) is 14.7. The number of rotatable bonds is 1. The van der Waals surface area contributed by atoms with E-state index in [0.29, 0.717) is 6.04 Å². The van der Waals surface area contributed by atoms with Crippen LogP contribution in [0.3, 0.4) is 0 Å². The van der Waals surface area contributed by atoms with E-state index in [1.807, 2.05) is 0 Å². The minimum Gasteiger partial charge on any atom is -0.461 e. The molecule has 0 saturated carbocycles. The van der Waals surface area contributed by atoms with E-state index in [4.69, 9.17) is 4.42 Å². The van der Waals surface area contributed by atoms with Gasteiger partial charge in [-0.1, -0.05) is 48.5 Å². The van der Waals surface area contributed by atoms with Crippen molar-refractivity contribution in [1.82, 2.24) is 0 Å². The second-order valence-corrected chi connectivity index (χ2v) is 7.26. The molecule has 1 fully saturated rings. The van der Waals surface area contributed by atoms with Gasteiger partial charge in [0.1, 0.15) is 11.5 Å². The van der Waals surface area contributed by atoms with Crippen molar-refractivity contribution in [3.05, 3.63) is 77.0 Å². The van der Waals surface area contributed by atoms with Crippen molar-refractivity contribution in [2.45, 2.75) is 38.6 Å². The van der Waals surface area contributed by atoms with E-state index >= 15 is 0 Å². The molecular weight excluding hydrogens is 306 g/mol. The van der Waals surface area contributed by atoms with Crippen molar-refractivity contribution in [2.24, 2.45) is 0 Å². The Morgan fingerprint density at radius 1 is 0.960 bits per heavy atom. The fraction of sp³-hybridized carbons (Fsp3) is 0.304. The van der Waals surface area contributed by atoms with Gasteiger partial charge in [-0.25, -0.2) is 0 Å². The zero-order valence-corrected chi connectivity index (χ0v) is 14.7. The van der Waals surface area contributed by atoms with E-state index < -0.39 is 0 Å². The van der Waals surface area contributed by atoms with Gasteiger partial charge in [-0.15, -0.1) is 0 Å². The quantitative estimate of drug-likeness (QED) is 0.553. The average molecular weight is 329 g/mol. The van der Waals surface area contributed by atoms with Gasteiger partial charge in [0.25, 0.3) is 0 Å². The van der Waals surface area contributed by atoms with Crippen molar-refractivity contribution >= 4 is 5.69 Å². The lowest BCUT2D eigenvalue weighted by atomic mass is 9.90. The highest BCUT2D eigenvalue weighted by molar-refractivity contribution is 5.70. The summed E-state index contributed by atoms with van der Waals surface area (Å²) in [6, 6.07) is 20.0. The van der Waals surface area contributed by atoms with Crippen LogP contribution in [0.1, 0.15) is 47.8 Å². The fourth-order valence-electron chi connectivity index (χ4n) is 4.62.